The third kappa shape index (κ3) is 9.62. The molecule has 0 radical (unpaired) electrons. The molecule has 7 nitrogen and oxygen atoms in total. The van der Waals surface area contributed by atoms with Gasteiger partial charge in [-0.1, -0.05) is 30.3 Å². The smallest absolute Gasteiger partial charge is 0.191 e. The number of hydrogen-bond donors (Lipinski definition) is 2. The topological polar surface area (TPSA) is 67.4 Å². The molecule has 0 unspecified atom stereocenters. The van der Waals surface area contributed by atoms with Gasteiger partial charge >= 0.3 is 0 Å². The third-order valence-corrected chi connectivity index (χ3v) is 4.41. The second kappa shape index (κ2) is 14.3. The Morgan fingerprint density at radius 3 is 2.40 bits per heavy atom. The Morgan fingerprint density at radius 1 is 0.900 bits per heavy atom. The van der Waals surface area contributed by atoms with E-state index in [0.717, 1.165) is 42.7 Å². The van der Waals surface area contributed by atoms with E-state index in [-0.39, 0.29) is 0 Å². The van der Waals surface area contributed by atoms with Gasteiger partial charge in [0.05, 0.1) is 13.2 Å². The van der Waals surface area contributed by atoms with Crippen LogP contribution < -0.4 is 20.1 Å². The molecule has 0 aliphatic rings. The van der Waals surface area contributed by atoms with Crippen LogP contribution in [0.2, 0.25) is 0 Å². The van der Waals surface area contributed by atoms with Gasteiger partial charge in [0.25, 0.3) is 0 Å². The molecule has 0 aliphatic carbocycles. The lowest BCUT2D eigenvalue weighted by atomic mass is 10.2. The Labute approximate surface area is 180 Å². The lowest BCUT2D eigenvalue weighted by molar-refractivity contribution is 0.150. The van der Waals surface area contributed by atoms with Gasteiger partial charge in [0.2, 0.25) is 0 Å². The van der Waals surface area contributed by atoms with Gasteiger partial charge in [-0.05, 0) is 36.9 Å². The molecular weight excluding hydrogens is 380 g/mol. The van der Waals surface area contributed by atoms with E-state index < -0.39 is 0 Å². The quantitative estimate of drug-likeness (QED) is 0.298. The summed E-state index contributed by atoms with van der Waals surface area (Å²) < 4.78 is 16.7. The minimum absolute atomic E-state index is 0.562. The van der Waals surface area contributed by atoms with Crippen molar-refractivity contribution in [1.82, 2.24) is 15.5 Å². The highest BCUT2D eigenvalue weighted by Gasteiger charge is 2.02. The van der Waals surface area contributed by atoms with E-state index in [2.05, 4.69) is 33.6 Å². The Balaban J connectivity index is 1.67. The first kappa shape index (κ1) is 23.5. The van der Waals surface area contributed by atoms with E-state index in [0.29, 0.717) is 26.3 Å². The third-order valence-electron chi connectivity index (χ3n) is 4.41. The maximum Gasteiger partial charge on any atom is 0.191 e. The summed E-state index contributed by atoms with van der Waals surface area (Å²) in [6.45, 7) is 5.00. The molecule has 0 heterocycles. The summed E-state index contributed by atoms with van der Waals surface area (Å²) in [4.78, 5) is 6.44. The second-order valence-electron chi connectivity index (χ2n) is 6.81. The summed E-state index contributed by atoms with van der Waals surface area (Å²) in [6, 6.07) is 17.9. The number of methoxy groups -OCH3 is 1. The molecule has 2 rings (SSSR count). The number of ether oxygens (including phenoxy) is 3. The number of aliphatic imine (C=N–C) groups is 1. The predicted molar refractivity (Wildman–Crippen MR) is 121 cm³/mol. The first-order chi connectivity index (χ1) is 14.7. The highest BCUT2D eigenvalue weighted by Crippen LogP contribution is 2.13. The van der Waals surface area contributed by atoms with Crippen molar-refractivity contribution in [2.45, 2.75) is 6.54 Å². The normalized spacial score (nSPS) is 11.4. The maximum absolute atomic E-state index is 5.88. The first-order valence-electron chi connectivity index (χ1n) is 10.2. The van der Waals surface area contributed by atoms with Crippen molar-refractivity contribution in [2.24, 2.45) is 4.99 Å². The number of nitrogens with zero attached hydrogens (tertiary/aromatic N) is 2. The molecule has 0 spiro atoms. The van der Waals surface area contributed by atoms with Crippen LogP contribution in [0.1, 0.15) is 5.56 Å². The number of likely N-dealkylation sites (N-methyl/N-ethyl adjacent to an activating group) is 1. The molecule has 7 heteroatoms. The van der Waals surface area contributed by atoms with Crippen LogP contribution >= 0.6 is 0 Å². The molecule has 0 amide bonds. The molecule has 0 saturated carbocycles. The van der Waals surface area contributed by atoms with Gasteiger partial charge in [-0.15, -0.1) is 0 Å². The van der Waals surface area contributed by atoms with Crippen LogP contribution in [0.4, 0.5) is 0 Å². The van der Waals surface area contributed by atoms with Gasteiger partial charge in [-0.2, -0.15) is 0 Å². The summed E-state index contributed by atoms with van der Waals surface area (Å²) in [5.74, 6) is 2.47. The Bertz CT molecular complexity index is 740. The molecule has 30 heavy (non-hydrogen) atoms. The van der Waals surface area contributed by atoms with Crippen LogP contribution in [0, 0.1) is 0 Å². The highest BCUT2D eigenvalue weighted by atomic mass is 16.5. The molecule has 0 saturated heterocycles. The number of benzene rings is 2. The average molecular weight is 415 g/mol. The van der Waals surface area contributed by atoms with E-state index in [1.165, 1.54) is 0 Å². The van der Waals surface area contributed by atoms with E-state index in [9.17, 15) is 0 Å². The first-order valence-corrected chi connectivity index (χ1v) is 10.2. The SMILES string of the molecule is CN=C(NCCOc1ccccc1)NCc1cccc(OCCN(C)CCOC)c1. The molecule has 2 N–H and O–H groups in total. The minimum Gasteiger partial charge on any atom is -0.492 e. The fraction of sp³-hybridized carbons (Fsp3) is 0.435. The van der Waals surface area contributed by atoms with E-state index in [1.807, 2.05) is 48.5 Å². The summed E-state index contributed by atoms with van der Waals surface area (Å²) in [6.07, 6.45) is 0. The van der Waals surface area contributed by atoms with Crippen LogP contribution in [0.15, 0.2) is 59.6 Å². The second-order valence-corrected chi connectivity index (χ2v) is 6.81. The zero-order valence-electron chi connectivity index (χ0n) is 18.3. The van der Waals surface area contributed by atoms with E-state index >= 15 is 0 Å². The largest absolute Gasteiger partial charge is 0.492 e. The van der Waals surface area contributed by atoms with Gasteiger partial charge in [0, 0.05) is 33.8 Å². The van der Waals surface area contributed by atoms with Crippen LogP contribution in [-0.2, 0) is 11.3 Å². The molecular formula is C23H34N4O3. The van der Waals surface area contributed by atoms with Gasteiger partial charge in [-0.3, -0.25) is 4.99 Å². The number of para-hydroxylation sites is 1. The number of guanidine groups is 1. The summed E-state index contributed by atoms with van der Waals surface area (Å²) in [5, 5.41) is 6.57. The number of nitrogens with one attached hydrogen (secondary N) is 2. The monoisotopic (exact) mass is 414 g/mol. The lowest BCUT2D eigenvalue weighted by Gasteiger charge is -2.16. The molecule has 2 aromatic carbocycles. The van der Waals surface area contributed by atoms with Gasteiger partial charge in [-0.25, -0.2) is 0 Å². The molecule has 0 aliphatic heterocycles. The fourth-order valence-electron chi connectivity index (χ4n) is 2.68. The van der Waals surface area contributed by atoms with Crippen LogP contribution in [0.25, 0.3) is 0 Å². The Hall–Kier alpha value is -2.77. The Morgan fingerprint density at radius 2 is 1.63 bits per heavy atom. The standard InChI is InChI=1S/C23H34N4O3/c1-24-23(25-12-15-29-21-9-5-4-6-10-21)26-19-20-8-7-11-22(18-20)30-17-14-27(2)13-16-28-3/h4-11,18H,12-17,19H2,1-3H3,(H2,24,25,26). The number of rotatable bonds is 13. The fourth-order valence-corrected chi connectivity index (χ4v) is 2.68. The van der Waals surface area contributed by atoms with Crippen molar-refractivity contribution >= 4 is 5.96 Å². The minimum atomic E-state index is 0.562. The van der Waals surface area contributed by atoms with Crippen LogP contribution in [0.5, 0.6) is 11.5 Å². The van der Waals surface area contributed by atoms with E-state index in [1.54, 1.807) is 14.2 Å². The molecule has 2 aromatic rings. The zero-order chi connectivity index (χ0) is 21.4. The molecule has 0 aromatic heterocycles. The van der Waals surface area contributed by atoms with E-state index in [4.69, 9.17) is 14.2 Å². The highest BCUT2D eigenvalue weighted by molar-refractivity contribution is 5.79. The summed E-state index contributed by atoms with van der Waals surface area (Å²) in [7, 11) is 5.53. The van der Waals surface area contributed by atoms with Crippen molar-refractivity contribution in [2.75, 3.05) is 60.7 Å². The molecule has 0 bridgehead atoms. The maximum atomic E-state index is 5.88. The summed E-state index contributed by atoms with van der Waals surface area (Å²) in [5.41, 5.74) is 1.13. The summed E-state index contributed by atoms with van der Waals surface area (Å²) >= 11 is 0. The van der Waals surface area contributed by atoms with Crippen molar-refractivity contribution in [3.05, 3.63) is 60.2 Å². The van der Waals surface area contributed by atoms with Crippen molar-refractivity contribution in [3.63, 3.8) is 0 Å². The van der Waals surface area contributed by atoms with Crippen molar-refractivity contribution in [3.8, 4) is 11.5 Å². The van der Waals surface area contributed by atoms with Gasteiger partial charge in [0.1, 0.15) is 24.7 Å². The van der Waals surface area contributed by atoms with Gasteiger partial charge in [0.15, 0.2) is 5.96 Å². The molecule has 164 valence electrons. The molecule has 0 fully saturated rings. The van der Waals surface area contributed by atoms with Crippen LogP contribution in [-0.4, -0.2) is 71.5 Å². The van der Waals surface area contributed by atoms with Gasteiger partial charge < -0.3 is 29.7 Å². The Kier molecular flexibility index (Phi) is 11.2. The van der Waals surface area contributed by atoms with Crippen molar-refractivity contribution in [1.29, 1.82) is 0 Å². The van der Waals surface area contributed by atoms with Crippen molar-refractivity contribution < 1.29 is 14.2 Å². The van der Waals surface area contributed by atoms with Crippen LogP contribution in [0.3, 0.4) is 0 Å². The zero-order valence-corrected chi connectivity index (χ0v) is 18.3. The number of hydrogen-bond acceptors (Lipinski definition) is 5. The average Bonchev–Trinajstić information content (AvgIpc) is 2.78. The predicted octanol–water partition coefficient (Wildman–Crippen LogP) is 2.39. The molecule has 0 atom stereocenters. The lowest BCUT2D eigenvalue weighted by Crippen LogP contribution is -2.38.